The fourth-order valence-electron chi connectivity index (χ4n) is 1.60. The summed E-state index contributed by atoms with van der Waals surface area (Å²) < 4.78 is 0. The van der Waals surface area contributed by atoms with E-state index >= 15 is 0 Å². The smallest absolute Gasteiger partial charge is 0.336 e. The summed E-state index contributed by atoms with van der Waals surface area (Å²) in [4.78, 5) is 25.9. The van der Waals surface area contributed by atoms with Crippen molar-refractivity contribution in [1.82, 2.24) is 4.98 Å². The molecule has 0 spiro atoms. The van der Waals surface area contributed by atoms with E-state index in [9.17, 15) is 9.59 Å². The summed E-state index contributed by atoms with van der Waals surface area (Å²) in [6.07, 6.45) is 1.34. The highest BCUT2D eigenvalue weighted by atomic mass is 16.4. The van der Waals surface area contributed by atoms with Gasteiger partial charge in [0.2, 0.25) is 0 Å². The van der Waals surface area contributed by atoms with Gasteiger partial charge in [-0.05, 0) is 18.2 Å². The van der Waals surface area contributed by atoms with Gasteiger partial charge in [-0.15, -0.1) is 0 Å². The Hall–Kier alpha value is -2.69. The maximum absolute atomic E-state index is 11.1. The molecular weight excluding hydrogens is 234 g/mol. The molecule has 2 aromatic rings. The van der Waals surface area contributed by atoms with Gasteiger partial charge in [0.1, 0.15) is 0 Å². The molecule has 0 aliphatic rings. The standard InChI is InChI=1S/C13H9NO4/c15-12(16)8-5-6-14-11(7-8)9-3-1-2-4-10(9)13(17)18/h1-7H,(H,15,16)(H,17,18). The highest BCUT2D eigenvalue weighted by molar-refractivity contribution is 5.96. The number of hydrogen-bond acceptors (Lipinski definition) is 3. The molecule has 90 valence electrons. The van der Waals surface area contributed by atoms with Crippen LogP contribution in [0.2, 0.25) is 0 Å². The van der Waals surface area contributed by atoms with Crippen molar-refractivity contribution in [3.8, 4) is 11.3 Å². The lowest BCUT2D eigenvalue weighted by Gasteiger charge is -2.05. The van der Waals surface area contributed by atoms with E-state index in [1.165, 1.54) is 24.4 Å². The van der Waals surface area contributed by atoms with E-state index in [0.717, 1.165) is 0 Å². The second-order valence-electron chi connectivity index (χ2n) is 3.59. The van der Waals surface area contributed by atoms with E-state index in [-0.39, 0.29) is 11.1 Å². The number of pyridine rings is 1. The number of nitrogens with zero attached hydrogens (tertiary/aromatic N) is 1. The van der Waals surface area contributed by atoms with Crippen LogP contribution in [0.25, 0.3) is 11.3 Å². The minimum absolute atomic E-state index is 0.0696. The first-order valence-electron chi connectivity index (χ1n) is 5.11. The first-order chi connectivity index (χ1) is 8.59. The largest absolute Gasteiger partial charge is 0.478 e. The van der Waals surface area contributed by atoms with Crippen molar-refractivity contribution >= 4 is 11.9 Å². The lowest BCUT2D eigenvalue weighted by molar-refractivity contribution is 0.0687. The first-order valence-corrected chi connectivity index (χ1v) is 5.11. The highest BCUT2D eigenvalue weighted by Gasteiger charge is 2.13. The van der Waals surface area contributed by atoms with Gasteiger partial charge in [-0.25, -0.2) is 9.59 Å². The second-order valence-corrected chi connectivity index (χ2v) is 3.59. The number of aromatic nitrogens is 1. The summed E-state index contributed by atoms with van der Waals surface area (Å²) in [5.74, 6) is -2.15. The van der Waals surface area contributed by atoms with Crippen LogP contribution in [0.4, 0.5) is 0 Å². The molecule has 5 nitrogen and oxygen atoms in total. The molecule has 18 heavy (non-hydrogen) atoms. The lowest BCUT2D eigenvalue weighted by atomic mass is 10.0. The molecule has 5 heteroatoms. The van der Waals surface area contributed by atoms with Crippen LogP contribution in [0.3, 0.4) is 0 Å². The van der Waals surface area contributed by atoms with Gasteiger partial charge >= 0.3 is 11.9 Å². The summed E-state index contributed by atoms with van der Waals surface area (Å²) in [5, 5.41) is 18.0. The quantitative estimate of drug-likeness (QED) is 0.862. The fraction of sp³-hybridized carbons (Fsp3) is 0. The second kappa shape index (κ2) is 4.67. The SMILES string of the molecule is O=C(O)c1ccnc(-c2ccccc2C(=O)O)c1. The summed E-state index contributed by atoms with van der Waals surface area (Å²) in [6.45, 7) is 0. The predicted octanol–water partition coefficient (Wildman–Crippen LogP) is 2.14. The van der Waals surface area contributed by atoms with Crippen LogP contribution in [0, 0.1) is 0 Å². The van der Waals surface area contributed by atoms with Gasteiger partial charge in [-0.1, -0.05) is 18.2 Å². The topological polar surface area (TPSA) is 87.5 Å². The number of carboxylic acids is 2. The summed E-state index contributed by atoms with van der Waals surface area (Å²) in [7, 11) is 0. The van der Waals surface area contributed by atoms with Crippen LogP contribution >= 0.6 is 0 Å². The monoisotopic (exact) mass is 243 g/mol. The van der Waals surface area contributed by atoms with Crippen LogP contribution in [0.5, 0.6) is 0 Å². The zero-order valence-corrected chi connectivity index (χ0v) is 9.20. The molecule has 0 atom stereocenters. The zero-order valence-electron chi connectivity index (χ0n) is 9.20. The molecule has 0 aliphatic carbocycles. The molecule has 1 heterocycles. The number of carboxylic acid groups (broad SMARTS) is 2. The van der Waals surface area contributed by atoms with Crippen molar-refractivity contribution < 1.29 is 19.8 Å². The molecule has 1 aromatic carbocycles. The van der Waals surface area contributed by atoms with E-state index < -0.39 is 11.9 Å². The number of hydrogen-bond donors (Lipinski definition) is 2. The maximum atomic E-state index is 11.1. The van der Waals surface area contributed by atoms with Crippen LogP contribution < -0.4 is 0 Å². The van der Waals surface area contributed by atoms with Gasteiger partial charge < -0.3 is 10.2 Å². The van der Waals surface area contributed by atoms with E-state index in [0.29, 0.717) is 11.3 Å². The van der Waals surface area contributed by atoms with E-state index in [4.69, 9.17) is 10.2 Å². The molecule has 0 radical (unpaired) electrons. The third kappa shape index (κ3) is 2.20. The Morgan fingerprint density at radius 2 is 1.72 bits per heavy atom. The van der Waals surface area contributed by atoms with Gasteiger partial charge in [0, 0.05) is 11.8 Å². The van der Waals surface area contributed by atoms with E-state index in [1.54, 1.807) is 18.2 Å². The Bertz CT molecular complexity index is 622. The van der Waals surface area contributed by atoms with Crippen LogP contribution in [-0.2, 0) is 0 Å². The molecule has 0 saturated carbocycles. The summed E-state index contributed by atoms with van der Waals surface area (Å²) >= 11 is 0. The number of benzene rings is 1. The number of rotatable bonds is 3. The van der Waals surface area contributed by atoms with Crippen LogP contribution in [0.1, 0.15) is 20.7 Å². The molecule has 0 bridgehead atoms. The van der Waals surface area contributed by atoms with Crippen LogP contribution in [0.15, 0.2) is 42.6 Å². The number of carbonyl (C=O) groups is 2. The Morgan fingerprint density at radius 3 is 2.39 bits per heavy atom. The zero-order chi connectivity index (χ0) is 13.1. The minimum Gasteiger partial charge on any atom is -0.478 e. The summed E-state index contributed by atoms with van der Waals surface area (Å²) in [5.41, 5.74) is 0.883. The Kier molecular flexibility index (Phi) is 3.05. The van der Waals surface area contributed by atoms with Crippen molar-refractivity contribution in [2.75, 3.05) is 0 Å². The Balaban J connectivity index is 2.58. The average molecular weight is 243 g/mol. The third-order valence-electron chi connectivity index (χ3n) is 2.44. The van der Waals surface area contributed by atoms with E-state index in [1.807, 2.05) is 0 Å². The Morgan fingerprint density at radius 1 is 1.00 bits per heavy atom. The molecular formula is C13H9NO4. The lowest BCUT2D eigenvalue weighted by Crippen LogP contribution is -2.02. The maximum Gasteiger partial charge on any atom is 0.336 e. The third-order valence-corrected chi connectivity index (χ3v) is 2.44. The Labute approximate surface area is 102 Å². The molecule has 2 rings (SSSR count). The highest BCUT2D eigenvalue weighted by Crippen LogP contribution is 2.22. The van der Waals surface area contributed by atoms with Gasteiger partial charge in [0.05, 0.1) is 16.8 Å². The van der Waals surface area contributed by atoms with Crippen molar-refractivity contribution in [3.63, 3.8) is 0 Å². The molecule has 0 amide bonds. The van der Waals surface area contributed by atoms with Gasteiger partial charge in [-0.3, -0.25) is 4.98 Å². The average Bonchev–Trinajstić information content (AvgIpc) is 2.39. The molecule has 0 aliphatic heterocycles. The summed E-state index contributed by atoms with van der Waals surface area (Å²) in [6, 6.07) is 9.04. The molecule has 0 fully saturated rings. The van der Waals surface area contributed by atoms with Gasteiger partial charge in [0.15, 0.2) is 0 Å². The normalized spacial score (nSPS) is 10.0. The van der Waals surface area contributed by atoms with Gasteiger partial charge in [0.25, 0.3) is 0 Å². The van der Waals surface area contributed by atoms with Crippen LogP contribution in [-0.4, -0.2) is 27.1 Å². The molecule has 1 aromatic heterocycles. The minimum atomic E-state index is -1.08. The molecule has 2 N–H and O–H groups in total. The molecule has 0 saturated heterocycles. The van der Waals surface area contributed by atoms with E-state index in [2.05, 4.69) is 4.98 Å². The fourth-order valence-corrected chi connectivity index (χ4v) is 1.60. The van der Waals surface area contributed by atoms with Crippen molar-refractivity contribution in [1.29, 1.82) is 0 Å². The first kappa shape index (κ1) is 11.8. The van der Waals surface area contributed by atoms with Crippen molar-refractivity contribution in [2.24, 2.45) is 0 Å². The van der Waals surface area contributed by atoms with Crippen molar-refractivity contribution in [3.05, 3.63) is 53.7 Å². The van der Waals surface area contributed by atoms with Crippen molar-refractivity contribution in [2.45, 2.75) is 0 Å². The van der Waals surface area contributed by atoms with Gasteiger partial charge in [-0.2, -0.15) is 0 Å². The predicted molar refractivity (Wildman–Crippen MR) is 63.6 cm³/mol. The molecule has 0 unspecified atom stereocenters. The number of aromatic carboxylic acids is 2.